The SMILES string of the molecule is NC(=O)c1ccc(OCCNc2nc(N3CCCCC3)nc3ccccc23)cc1. The molecule has 0 bridgehead atoms. The number of carbonyl (C=O) groups excluding carboxylic acids is 1. The first-order chi connectivity index (χ1) is 14.2. The Hall–Kier alpha value is -3.35. The molecular weight excluding hydrogens is 366 g/mol. The number of benzene rings is 2. The Morgan fingerprint density at radius 2 is 1.79 bits per heavy atom. The van der Waals surface area contributed by atoms with Crippen LogP contribution in [0.1, 0.15) is 29.6 Å². The van der Waals surface area contributed by atoms with Crippen LogP contribution in [-0.4, -0.2) is 42.1 Å². The fourth-order valence-corrected chi connectivity index (χ4v) is 3.49. The second-order valence-corrected chi connectivity index (χ2v) is 7.10. The van der Waals surface area contributed by atoms with Crippen molar-refractivity contribution < 1.29 is 9.53 Å². The standard InChI is InChI=1S/C22H25N5O2/c23-20(28)16-8-10-17(11-9-16)29-15-12-24-21-18-6-2-3-7-19(18)25-22(26-21)27-13-4-1-5-14-27/h2-3,6-11H,1,4-5,12-15H2,(H2,23,28)(H,24,25,26). The van der Waals surface area contributed by atoms with Crippen LogP contribution in [0, 0.1) is 0 Å². The molecule has 1 aromatic heterocycles. The first-order valence-electron chi connectivity index (χ1n) is 9.99. The second-order valence-electron chi connectivity index (χ2n) is 7.10. The summed E-state index contributed by atoms with van der Waals surface area (Å²) in [5.41, 5.74) is 6.66. The summed E-state index contributed by atoms with van der Waals surface area (Å²) in [5.74, 6) is 1.86. The highest BCUT2D eigenvalue weighted by atomic mass is 16.5. The zero-order valence-corrected chi connectivity index (χ0v) is 16.3. The van der Waals surface area contributed by atoms with Gasteiger partial charge in [-0.25, -0.2) is 4.98 Å². The molecule has 0 aliphatic carbocycles. The van der Waals surface area contributed by atoms with Crippen LogP contribution in [0.4, 0.5) is 11.8 Å². The van der Waals surface area contributed by atoms with E-state index in [9.17, 15) is 4.79 Å². The van der Waals surface area contributed by atoms with Gasteiger partial charge < -0.3 is 20.7 Å². The van der Waals surface area contributed by atoms with Crippen LogP contribution in [0.2, 0.25) is 0 Å². The van der Waals surface area contributed by atoms with Gasteiger partial charge in [0.05, 0.1) is 12.1 Å². The summed E-state index contributed by atoms with van der Waals surface area (Å²) in [6, 6.07) is 14.9. The Morgan fingerprint density at radius 1 is 1.03 bits per heavy atom. The molecule has 1 amide bonds. The van der Waals surface area contributed by atoms with E-state index in [1.54, 1.807) is 24.3 Å². The average Bonchev–Trinajstić information content (AvgIpc) is 2.77. The number of hydrogen-bond donors (Lipinski definition) is 2. The Bertz CT molecular complexity index is 984. The first kappa shape index (κ1) is 19.0. The van der Waals surface area contributed by atoms with Gasteiger partial charge in [0.2, 0.25) is 11.9 Å². The van der Waals surface area contributed by atoms with Crippen LogP contribution in [0.25, 0.3) is 10.9 Å². The predicted molar refractivity (Wildman–Crippen MR) is 115 cm³/mol. The fourth-order valence-electron chi connectivity index (χ4n) is 3.49. The fraction of sp³-hybridized carbons (Fsp3) is 0.318. The van der Waals surface area contributed by atoms with Crippen molar-refractivity contribution in [2.45, 2.75) is 19.3 Å². The van der Waals surface area contributed by atoms with Crippen molar-refractivity contribution in [2.75, 3.05) is 36.5 Å². The lowest BCUT2D eigenvalue weighted by Gasteiger charge is -2.27. The molecule has 0 spiro atoms. The number of rotatable bonds is 7. The van der Waals surface area contributed by atoms with Crippen LogP contribution in [-0.2, 0) is 0 Å². The minimum absolute atomic E-state index is 0.446. The summed E-state index contributed by atoms with van der Waals surface area (Å²) in [6.07, 6.45) is 3.63. The lowest BCUT2D eigenvalue weighted by molar-refractivity contribution is 0.100. The minimum atomic E-state index is -0.446. The molecule has 3 aromatic rings. The maximum Gasteiger partial charge on any atom is 0.248 e. The Labute approximate surface area is 169 Å². The van der Waals surface area contributed by atoms with Crippen LogP contribution in [0.3, 0.4) is 0 Å². The molecule has 150 valence electrons. The summed E-state index contributed by atoms with van der Waals surface area (Å²) in [4.78, 5) is 23.0. The molecule has 2 heterocycles. The third kappa shape index (κ3) is 4.56. The summed E-state index contributed by atoms with van der Waals surface area (Å²) in [6.45, 7) is 3.07. The summed E-state index contributed by atoms with van der Waals surface area (Å²) in [7, 11) is 0. The Kier molecular flexibility index (Phi) is 5.74. The van der Waals surface area contributed by atoms with E-state index in [0.29, 0.717) is 24.5 Å². The third-order valence-electron chi connectivity index (χ3n) is 5.03. The number of nitrogens with two attached hydrogens (primary N) is 1. The normalized spacial score (nSPS) is 14.0. The van der Waals surface area contributed by atoms with Gasteiger partial charge in [-0.2, -0.15) is 4.98 Å². The van der Waals surface area contributed by atoms with E-state index < -0.39 is 5.91 Å². The molecule has 1 saturated heterocycles. The number of primary amides is 1. The maximum absolute atomic E-state index is 11.1. The number of fused-ring (bicyclic) bond motifs is 1. The highest BCUT2D eigenvalue weighted by Crippen LogP contribution is 2.25. The maximum atomic E-state index is 11.1. The van der Waals surface area contributed by atoms with E-state index in [1.165, 1.54) is 19.3 Å². The molecule has 3 N–H and O–H groups in total. The van der Waals surface area contributed by atoms with Crippen molar-refractivity contribution in [3.05, 3.63) is 54.1 Å². The van der Waals surface area contributed by atoms with Crippen molar-refractivity contribution in [1.82, 2.24) is 9.97 Å². The molecule has 2 aromatic carbocycles. The smallest absolute Gasteiger partial charge is 0.248 e. The molecule has 29 heavy (non-hydrogen) atoms. The van der Waals surface area contributed by atoms with Gasteiger partial charge in [-0.3, -0.25) is 4.79 Å². The number of anilines is 2. The molecule has 0 unspecified atom stereocenters. The topological polar surface area (TPSA) is 93.4 Å². The largest absolute Gasteiger partial charge is 0.492 e. The van der Waals surface area contributed by atoms with Gasteiger partial charge in [0.15, 0.2) is 0 Å². The number of nitrogens with zero attached hydrogens (tertiary/aromatic N) is 3. The highest BCUT2D eigenvalue weighted by Gasteiger charge is 2.16. The van der Waals surface area contributed by atoms with Crippen molar-refractivity contribution in [3.8, 4) is 5.75 Å². The van der Waals surface area contributed by atoms with Crippen molar-refractivity contribution >= 4 is 28.6 Å². The lowest BCUT2D eigenvalue weighted by Crippen LogP contribution is -2.31. The van der Waals surface area contributed by atoms with Crippen molar-refractivity contribution in [2.24, 2.45) is 5.73 Å². The highest BCUT2D eigenvalue weighted by molar-refractivity contribution is 5.92. The number of hydrogen-bond acceptors (Lipinski definition) is 6. The number of aromatic nitrogens is 2. The quantitative estimate of drug-likeness (QED) is 0.601. The second kappa shape index (κ2) is 8.77. The molecule has 1 aliphatic heterocycles. The van der Waals surface area contributed by atoms with E-state index in [-0.39, 0.29) is 0 Å². The van der Waals surface area contributed by atoms with Gasteiger partial charge in [-0.1, -0.05) is 12.1 Å². The van der Waals surface area contributed by atoms with E-state index in [4.69, 9.17) is 20.4 Å². The Morgan fingerprint density at radius 3 is 2.55 bits per heavy atom. The van der Waals surface area contributed by atoms with Gasteiger partial charge in [0.1, 0.15) is 18.2 Å². The summed E-state index contributed by atoms with van der Waals surface area (Å²) >= 11 is 0. The number of amides is 1. The Balaban J connectivity index is 1.43. The predicted octanol–water partition coefficient (Wildman–Crippen LogP) is 3.21. The number of carbonyl (C=O) groups is 1. The first-order valence-corrected chi connectivity index (χ1v) is 9.99. The molecular formula is C22H25N5O2. The van der Waals surface area contributed by atoms with Gasteiger partial charge in [-0.05, 0) is 55.7 Å². The molecule has 0 saturated carbocycles. The molecule has 0 radical (unpaired) electrons. The monoisotopic (exact) mass is 391 g/mol. The molecule has 4 rings (SSSR count). The van der Waals surface area contributed by atoms with Crippen LogP contribution in [0.15, 0.2) is 48.5 Å². The number of nitrogens with one attached hydrogen (secondary N) is 1. The van der Waals surface area contributed by atoms with Crippen LogP contribution >= 0.6 is 0 Å². The van der Waals surface area contributed by atoms with Gasteiger partial charge in [-0.15, -0.1) is 0 Å². The number of ether oxygens (including phenoxy) is 1. The zero-order valence-electron chi connectivity index (χ0n) is 16.3. The molecule has 1 fully saturated rings. The summed E-state index contributed by atoms with van der Waals surface area (Å²) < 4.78 is 5.75. The van der Waals surface area contributed by atoms with E-state index >= 15 is 0 Å². The third-order valence-corrected chi connectivity index (χ3v) is 5.03. The minimum Gasteiger partial charge on any atom is -0.492 e. The van der Waals surface area contributed by atoms with Gasteiger partial charge in [0, 0.05) is 24.0 Å². The molecule has 7 nitrogen and oxygen atoms in total. The van der Waals surface area contributed by atoms with E-state index in [0.717, 1.165) is 35.8 Å². The summed E-state index contributed by atoms with van der Waals surface area (Å²) in [5, 5.41) is 4.39. The average molecular weight is 391 g/mol. The number of para-hydroxylation sites is 1. The lowest BCUT2D eigenvalue weighted by atomic mass is 10.1. The van der Waals surface area contributed by atoms with Crippen LogP contribution < -0.4 is 20.7 Å². The van der Waals surface area contributed by atoms with Crippen molar-refractivity contribution in [1.29, 1.82) is 0 Å². The zero-order chi connectivity index (χ0) is 20.1. The molecule has 7 heteroatoms. The van der Waals surface area contributed by atoms with Gasteiger partial charge >= 0.3 is 0 Å². The van der Waals surface area contributed by atoms with E-state index in [1.807, 2.05) is 24.3 Å². The van der Waals surface area contributed by atoms with E-state index in [2.05, 4.69) is 10.2 Å². The number of piperidine rings is 1. The molecule has 1 aliphatic rings. The van der Waals surface area contributed by atoms with Crippen molar-refractivity contribution in [3.63, 3.8) is 0 Å². The molecule has 0 atom stereocenters. The van der Waals surface area contributed by atoms with Crippen LogP contribution in [0.5, 0.6) is 5.75 Å². The van der Waals surface area contributed by atoms with Gasteiger partial charge in [0.25, 0.3) is 0 Å².